The van der Waals surface area contributed by atoms with Gasteiger partial charge in [-0.1, -0.05) is 48.5 Å². The predicted molar refractivity (Wildman–Crippen MR) is 94.6 cm³/mol. The first-order valence-corrected chi connectivity index (χ1v) is 8.53. The first-order chi connectivity index (χ1) is 12.1. The van der Waals surface area contributed by atoms with Crippen LogP contribution >= 0.6 is 0 Å². The van der Waals surface area contributed by atoms with Gasteiger partial charge < -0.3 is 15.7 Å². The van der Waals surface area contributed by atoms with Crippen molar-refractivity contribution in [3.63, 3.8) is 0 Å². The van der Waals surface area contributed by atoms with Crippen LogP contribution in [0, 0.1) is 11.2 Å². The Morgan fingerprint density at radius 3 is 2.44 bits per heavy atom. The van der Waals surface area contributed by atoms with Crippen molar-refractivity contribution in [1.82, 2.24) is 10.6 Å². The van der Waals surface area contributed by atoms with Gasteiger partial charge in [-0.2, -0.15) is 0 Å². The molecule has 0 aromatic heterocycles. The van der Waals surface area contributed by atoms with Crippen LogP contribution in [-0.2, 0) is 17.6 Å². The molecule has 1 atom stereocenters. The summed E-state index contributed by atoms with van der Waals surface area (Å²) in [4.78, 5) is 12.8. The largest absolute Gasteiger partial charge is 0.394 e. The lowest BCUT2D eigenvalue weighted by Gasteiger charge is -2.42. The van der Waals surface area contributed by atoms with Crippen molar-refractivity contribution in [2.75, 3.05) is 19.7 Å². The summed E-state index contributed by atoms with van der Waals surface area (Å²) in [5, 5.41) is 15.7. The Kier molecular flexibility index (Phi) is 5.46. The molecule has 1 saturated heterocycles. The number of aliphatic hydroxyl groups excluding tert-OH is 1. The number of aliphatic hydroxyl groups is 1. The van der Waals surface area contributed by atoms with Gasteiger partial charge in [0.25, 0.3) is 0 Å². The van der Waals surface area contributed by atoms with Crippen LogP contribution in [0.1, 0.15) is 11.1 Å². The minimum atomic E-state index is -0.660. The first-order valence-electron chi connectivity index (χ1n) is 8.53. The van der Waals surface area contributed by atoms with Crippen molar-refractivity contribution >= 4 is 5.91 Å². The second-order valence-corrected chi connectivity index (χ2v) is 6.69. The molecule has 1 amide bonds. The van der Waals surface area contributed by atoms with E-state index in [0.717, 1.165) is 5.56 Å². The summed E-state index contributed by atoms with van der Waals surface area (Å²) in [6.07, 6.45) is 0.911. The van der Waals surface area contributed by atoms with Crippen LogP contribution in [0.2, 0.25) is 0 Å². The molecule has 0 bridgehead atoms. The standard InChI is InChI=1S/C20H23FN2O2/c21-18-9-5-4-8-16(18)11-20(13-22-14-20)19(25)23-17(12-24)10-15-6-2-1-3-7-15/h1-9,17,22,24H,10-14H2,(H,23,25)/t17-/m0/s1. The van der Waals surface area contributed by atoms with Crippen molar-refractivity contribution in [2.45, 2.75) is 18.9 Å². The molecule has 0 radical (unpaired) electrons. The number of hydrogen-bond donors (Lipinski definition) is 3. The Morgan fingerprint density at radius 2 is 1.84 bits per heavy atom. The van der Waals surface area contributed by atoms with E-state index in [1.165, 1.54) is 6.07 Å². The van der Waals surface area contributed by atoms with Gasteiger partial charge in [-0.3, -0.25) is 4.79 Å². The first kappa shape index (κ1) is 17.6. The van der Waals surface area contributed by atoms with Crippen LogP contribution in [0.5, 0.6) is 0 Å². The molecule has 1 aliphatic heterocycles. The fourth-order valence-corrected chi connectivity index (χ4v) is 3.20. The lowest BCUT2D eigenvalue weighted by molar-refractivity contribution is -0.135. The van der Waals surface area contributed by atoms with Gasteiger partial charge in [0.1, 0.15) is 5.82 Å². The maximum Gasteiger partial charge on any atom is 0.229 e. The van der Waals surface area contributed by atoms with E-state index in [1.807, 2.05) is 30.3 Å². The third-order valence-corrected chi connectivity index (χ3v) is 4.78. The molecule has 132 valence electrons. The van der Waals surface area contributed by atoms with Gasteiger partial charge in [-0.05, 0) is 30.0 Å². The van der Waals surface area contributed by atoms with Gasteiger partial charge in [0.15, 0.2) is 0 Å². The molecule has 1 heterocycles. The molecule has 0 aliphatic carbocycles. The average molecular weight is 342 g/mol. The molecular formula is C20H23FN2O2. The van der Waals surface area contributed by atoms with Gasteiger partial charge in [0.2, 0.25) is 5.91 Å². The maximum atomic E-state index is 14.0. The van der Waals surface area contributed by atoms with Crippen LogP contribution in [0.3, 0.4) is 0 Å². The van der Waals surface area contributed by atoms with Crippen LogP contribution < -0.4 is 10.6 Å². The van der Waals surface area contributed by atoms with Gasteiger partial charge in [-0.25, -0.2) is 4.39 Å². The van der Waals surface area contributed by atoms with Crippen molar-refractivity contribution in [1.29, 1.82) is 0 Å². The molecule has 2 aromatic rings. The number of halogens is 1. The highest BCUT2D eigenvalue weighted by Gasteiger charge is 2.45. The topological polar surface area (TPSA) is 61.4 Å². The molecule has 1 aliphatic rings. The van der Waals surface area contributed by atoms with Crippen molar-refractivity contribution in [2.24, 2.45) is 5.41 Å². The van der Waals surface area contributed by atoms with Crippen LogP contribution in [0.15, 0.2) is 54.6 Å². The van der Waals surface area contributed by atoms with E-state index in [9.17, 15) is 14.3 Å². The summed E-state index contributed by atoms with van der Waals surface area (Å²) in [6, 6.07) is 15.9. The van der Waals surface area contributed by atoms with Crippen molar-refractivity contribution in [3.8, 4) is 0 Å². The van der Waals surface area contributed by atoms with Crippen LogP contribution in [-0.4, -0.2) is 36.8 Å². The minimum absolute atomic E-state index is 0.135. The molecule has 0 saturated carbocycles. The number of rotatable bonds is 7. The van der Waals surface area contributed by atoms with Crippen LogP contribution in [0.4, 0.5) is 4.39 Å². The van der Waals surface area contributed by atoms with E-state index >= 15 is 0 Å². The zero-order valence-electron chi connectivity index (χ0n) is 14.0. The smallest absolute Gasteiger partial charge is 0.229 e. The molecule has 3 N–H and O–H groups in total. The summed E-state index contributed by atoms with van der Waals surface area (Å²) in [5.74, 6) is -0.422. The predicted octanol–water partition coefficient (Wildman–Crippen LogP) is 1.68. The number of amides is 1. The number of hydrogen-bond acceptors (Lipinski definition) is 3. The fourth-order valence-electron chi connectivity index (χ4n) is 3.20. The minimum Gasteiger partial charge on any atom is -0.394 e. The monoisotopic (exact) mass is 342 g/mol. The van der Waals surface area contributed by atoms with E-state index < -0.39 is 5.41 Å². The molecule has 1 fully saturated rings. The second kappa shape index (κ2) is 7.76. The van der Waals surface area contributed by atoms with E-state index in [1.54, 1.807) is 18.2 Å². The summed E-state index contributed by atoms with van der Waals surface area (Å²) in [5.41, 5.74) is 0.936. The number of benzene rings is 2. The van der Waals surface area contributed by atoms with Gasteiger partial charge in [0, 0.05) is 13.1 Å². The van der Waals surface area contributed by atoms with E-state index in [2.05, 4.69) is 10.6 Å². The molecule has 5 heteroatoms. The van der Waals surface area contributed by atoms with Gasteiger partial charge in [-0.15, -0.1) is 0 Å². The summed E-state index contributed by atoms with van der Waals surface area (Å²) in [7, 11) is 0. The summed E-state index contributed by atoms with van der Waals surface area (Å²) in [6.45, 7) is 0.886. The fraction of sp³-hybridized carbons (Fsp3) is 0.350. The van der Waals surface area contributed by atoms with Crippen LogP contribution in [0.25, 0.3) is 0 Å². The molecule has 4 nitrogen and oxygen atoms in total. The molecule has 3 rings (SSSR count). The Hall–Kier alpha value is -2.24. The van der Waals surface area contributed by atoms with E-state index in [-0.39, 0.29) is 24.4 Å². The van der Waals surface area contributed by atoms with E-state index in [4.69, 9.17) is 0 Å². The lowest BCUT2D eigenvalue weighted by Crippen LogP contribution is -2.64. The third kappa shape index (κ3) is 4.06. The number of carbonyl (C=O) groups is 1. The molecule has 2 aromatic carbocycles. The van der Waals surface area contributed by atoms with Crippen molar-refractivity contribution in [3.05, 3.63) is 71.5 Å². The van der Waals surface area contributed by atoms with Gasteiger partial charge >= 0.3 is 0 Å². The SMILES string of the molecule is O=C(N[C@H](CO)Cc1ccccc1)C1(Cc2ccccc2F)CNC1. The summed E-state index contributed by atoms with van der Waals surface area (Å²) < 4.78 is 14.0. The molecule has 0 unspecified atom stereocenters. The Balaban J connectivity index is 1.68. The highest BCUT2D eigenvalue weighted by Crippen LogP contribution is 2.29. The Morgan fingerprint density at radius 1 is 1.16 bits per heavy atom. The molecule has 0 spiro atoms. The zero-order valence-corrected chi connectivity index (χ0v) is 14.0. The quantitative estimate of drug-likeness (QED) is 0.717. The second-order valence-electron chi connectivity index (χ2n) is 6.69. The number of carbonyl (C=O) groups excluding carboxylic acids is 1. The Bertz CT molecular complexity index is 717. The third-order valence-electron chi connectivity index (χ3n) is 4.78. The molecule has 25 heavy (non-hydrogen) atoms. The zero-order chi connectivity index (χ0) is 17.7. The summed E-state index contributed by atoms with van der Waals surface area (Å²) >= 11 is 0. The van der Waals surface area contributed by atoms with E-state index in [0.29, 0.717) is 31.5 Å². The van der Waals surface area contributed by atoms with Gasteiger partial charge in [0.05, 0.1) is 18.1 Å². The normalized spacial score (nSPS) is 16.7. The average Bonchev–Trinajstić information content (AvgIpc) is 2.59. The number of nitrogens with one attached hydrogen (secondary N) is 2. The highest BCUT2D eigenvalue weighted by molar-refractivity contribution is 5.85. The highest BCUT2D eigenvalue weighted by atomic mass is 19.1. The Labute approximate surface area is 147 Å². The molecular weight excluding hydrogens is 319 g/mol. The maximum absolute atomic E-state index is 14.0. The lowest BCUT2D eigenvalue weighted by atomic mass is 9.75. The van der Waals surface area contributed by atoms with Crippen molar-refractivity contribution < 1.29 is 14.3 Å².